The van der Waals surface area contributed by atoms with Gasteiger partial charge in [0.15, 0.2) is 0 Å². The number of nitrogens with zero attached hydrogens (tertiary/aromatic N) is 1. The van der Waals surface area contributed by atoms with Gasteiger partial charge in [-0.05, 0) is 41.7 Å². The standard InChI is InChI=1S/C24H34Cl2NO2.ClH/c1-6-24(2,3)20-9-12-23(22(26)17-20)29-16-15-28-14-13-27(4,5)18-19-7-10-21(25)11-8-19;/h7-12,17H,6,13-16,18H2,1-5H3;1H/q+1;/p-1. The molecule has 0 N–H and O–H groups in total. The molecular weight excluding hydrogens is 441 g/mol. The Morgan fingerprint density at radius 2 is 1.60 bits per heavy atom. The summed E-state index contributed by atoms with van der Waals surface area (Å²) in [5.74, 6) is 0.713. The molecule has 0 unspecified atom stereocenters. The van der Waals surface area contributed by atoms with Crippen LogP contribution in [0.1, 0.15) is 38.3 Å². The predicted molar refractivity (Wildman–Crippen MR) is 123 cm³/mol. The third-order valence-corrected chi connectivity index (χ3v) is 5.99. The average molecular weight is 475 g/mol. The second kappa shape index (κ2) is 12.2. The molecule has 2 aromatic carbocycles. The summed E-state index contributed by atoms with van der Waals surface area (Å²) >= 11 is 12.4. The molecule has 0 fully saturated rings. The van der Waals surface area contributed by atoms with Gasteiger partial charge in [0.25, 0.3) is 0 Å². The van der Waals surface area contributed by atoms with Crippen molar-refractivity contribution in [2.75, 3.05) is 40.5 Å². The Bertz CT molecular complexity index is 777. The summed E-state index contributed by atoms with van der Waals surface area (Å²) in [5.41, 5.74) is 2.61. The molecule has 0 saturated carbocycles. The molecule has 0 radical (unpaired) electrons. The van der Waals surface area contributed by atoms with E-state index in [9.17, 15) is 0 Å². The largest absolute Gasteiger partial charge is 1.00 e. The van der Waals surface area contributed by atoms with Crippen molar-refractivity contribution in [3.05, 3.63) is 63.6 Å². The normalized spacial score (nSPS) is 11.8. The predicted octanol–water partition coefficient (Wildman–Crippen LogP) is 3.36. The zero-order valence-electron chi connectivity index (χ0n) is 18.7. The van der Waals surface area contributed by atoms with Crippen LogP contribution in [0, 0.1) is 0 Å². The van der Waals surface area contributed by atoms with Gasteiger partial charge in [0.05, 0.1) is 32.3 Å². The van der Waals surface area contributed by atoms with E-state index in [4.69, 9.17) is 32.7 Å². The maximum absolute atomic E-state index is 6.40. The van der Waals surface area contributed by atoms with E-state index in [1.165, 1.54) is 11.1 Å². The molecule has 0 saturated heterocycles. The number of rotatable bonds is 11. The lowest BCUT2D eigenvalue weighted by atomic mass is 9.82. The van der Waals surface area contributed by atoms with Gasteiger partial charge in [-0.3, -0.25) is 0 Å². The molecule has 0 atom stereocenters. The van der Waals surface area contributed by atoms with Gasteiger partial charge in [-0.1, -0.05) is 62.2 Å². The van der Waals surface area contributed by atoms with Gasteiger partial charge < -0.3 is 26.4 Å². The molecule has 0 bridgehead atoms. The van der Waals surface area contributed by atoms with Gasteiger partial charge in [0.2, 0.25) is 0 Å². The molecule has 0 aliphatic heterocycles. The quantitative estimate of drug-likeness (QED) is 0.367. The minimum atomic E-state index is 0. The lowest BCUT2D eigenvalue weighted by Crippen LogP contribution is -3.00. The van der Waals surface area contributed by atoms with Crippen molar-refractivity contribution >= 4 is 23.2 Å². The smallest absolute Gasteiger partial charge is 0.138 e. The van der Waals surface area contributed by atoms with Crippen molar-refractivity contribution in [1.82, 2.24) is 0 Å². The first kappa shape index (κ1) is 27.1. The van der Waals surface area contributed by atoms with Crippen LogP contribution in [0.2, 0.25) is 10.0 Å². The number of quaternary nitrogens is 1. The van der Waals surface area contributed by atoms with Crippen molar-refractivity contribution in [2.45, 2.75) is 39.2 Å². The number of ether oxygens (including phenoxy) is 2. The molecule has 3 nitrogen and oxygen atoms in total. The Morgan fingerprint density at radius 3 is 2.20 bits per heavy atom. The van der Waals surface area contributed by atoms with Crippen LogP contribution in [-0.4, -0.2) is 44.9 Å². The van der Waals surface area contributed by atoms with E-state index in [2.05, 4.69) is 53.1 Å². The average Bonchev–Trinajstić information content (AvgIpc) is 2.67. The molecule has 2 rings (SSSR count). The maximum atomic E-state index is 6.40. The van der Waals surface area contributed by atoms with Crippen LogP contribution in [-0.2, 0) is 16.7 Å². The highest BCUT2D eigenvalue weighted by atomic mass is 35.5. The summed E-state index contributed by atoms with van der Waals surface area (Å²) in [6, 6.07) is 14.1. The van der Waals surface area contributed by atoms with E-state index in [0.29, 0.717) is 30.6 Å². The Kier molecular flexibility index (Phi) is 11.0. The molecule has 168 valence electrons. The summed E-state index contributed by atoms with van der Waals surface area (Å²) < 4.78 is 12.4. The summed E-state index contributed by atoms with van der Waals surface area (Å²) in [6.07, 6.45) is 1.06. The van der Waals surface area contributed by atoms with Crippen molar-refractivity contribution in [3.63, 3.8) is 0 Å². The Balaban J connectivity index is 0.00000450. The van der Waals surface area contributed by atoms with Gasteiger partial charge in [-0.15, -0.1) is 0 Å². The molecule has 0 aliphatic carbocycles. The molecule has 0 aliphatic rings. The fourth-order valence-electron chi connectivity index (χ4n) is 3.03. The highest BCUT2D eigenvalue weighted by molar-refractivity contribution is 6.32. The van der Waals surface area contributed by atoms with E-state index in [-0.39, 0.29) is 17.8 Å². The number of hydrogen-bond acceptors (Lipinski definition) is 2. The summed E-state index contributed by atoms with van der Waals surface area (Å²) in [7, 11) is 4.40. The van der Waals surface area contributed by atoms with Crippen LogP contribution < -0.4 is 17.1 Å². The van der Waals surface area contributed by atoms with Crippen molar-refractivity contribution < 1.29 is 26.4 Å². The summed E-state index contributed by atoms with van der Waals surface area (Å²) in [5, 5.41) is 1.43. The first-order valence-electron chi connectivity index (χ1n) is 10.2. The number of hydrogen-bond donors (Lipinski definition) is 0. The molecule has 30 heavy (non-hydrogen) atoms. The van der Waals surface area contributed by atoms with Crippen LogP contribution in [0.25, 0.3) is 0 Å². The third kappa shape index (κ3) is 8.64. The van der Waals surface area contributed by atoms with Gasteiger partial charge in [-0.2, -0.15) is 0 Å². The number of likely N-dealkylation sites (N-methyl/N-ethyl adjacent to an activating group) is 1. The van der Waals surface area contributed by atoms with Crippen LogP contribution >= 0.6 is 23.2 Å². The van der Waals surface area contributed by atoms with E-state index in [1.807, 2.05) is 24.3 Å². The minimum Gasteiger partial charge on any atom is -1.00 e. The molecule has 0 aromatic heterocycles. The summed E-state index contributed by atoms with van der Waals surface area (Å²) in [4.78, 5) is 0. The lowest BCUT2D eigenvalue weighted by Gasteiger charge is -2.29. The van der Waals surface area contributed by atoms with E-state index in [1.54, 1.807) is 0 Å². The summed E-state index contributed by atoms with van der Waals surface area (Å²) in [6.45, 7) is 10.2. The zero-order chi connectivity index (χ0) is 21.5. The molecular formula is C24H34Cl3NO2. The molecule has 0 amide bonds. The van der Waals surface area contributed by atoms with E-state index in [0.717, 1.165) is 29.0 Å². The fraction of sp³-hybridized carbons (Fsp3) is 0.500. The van der Waals surface area contributed by atoms with Gasteiger partial charge in [-0.25, -0.2) is 0 Å². The Morgan fingerprint density at radius 1 is 0.933 bits per heavy atom. The van der Waals surface area contributed by atoms with Gasteiger partial charge in [0.1, 0.15) is 25.4 Å². The second-order valence-corrected chi connectivity index (χ2v) is 9.63. The first-order valence-corrected chi connectivity index (χ1v) is 11.0. The molecule has 0 heterocycles. The second-order valence-electron chi connectivity index (χ2n) is 8.79. The number of halogens is 3. The Labute approximate surface area is 198 Å². The van der Waals surface area contributed by atoms with Gasteiger partial charge >= 0.3 is 0 Å². The molecule has 0 spiro atoms. The third-order valence-electron chi connectivity index (χ3n) is 5.45. The number of benzene rings is 2. The van der Waals surface area contributed by atoms with E-state index < -0.39 is 0 Å². The highest BCUT2D eigenvalue weighted by Crippen LogP contribution is 2.33. The SMILES string of the molecule is CCC(C)(C)c1ccc(OCCOCC[N+](C)(C)Cc2ccc(Cl)cc2)c(Cl)c1.[Cl-]. The monoisotopic (exact) mass is 473 g/mol. The van der Waals surface area contributed by atoms with Crippen LogP contribution in [0.3, 0.4) is 0 Å². The van der Waals surface area contributed by atoms with Crippen LogP contribution in [0.4, 0.5) is 0 Å². The zero-order valence-corrected chi connectivity index (χ0v) is 20.9. The maximum Gasteiger partial charge on any atom is 0.138 e. The first-order chi connectivity index (χ1) is 13.6. The van der Waals surface area contributed by atoms with Crippen molar-refractivity contribution in [2.24, 2.45) is 0 Å². The minimum absolute atomic E-state index is 0. The molecule has 6 heteroatoms. The molecule has 2 aromatic rings. The Hall–Kier alpha value is -0.970. The lowest BCUT2D eigenvalue weighted by molar-refractivity contribution is -0.904. The van der Waals surface area contributed by atoms with Crippen LogP contribution in [0.15, 0.2) is 42.5 Å². The van der Waals surface area contributed by atoms with Crippen molar-refractivity contribution in [3.8, 4) is 5.75 Å². The van der Waals surface area contributed by atoms with Crippen LogP contribution in [0.5, 0.6) is 5.75 Å². The van der Waals surface area contributed by atoms with E-state index >= 15 is 0 Å². The fourth-order valence-corrected chi connectivity index (χ4v) is 3.39. The topological polar surface area (TPSA) is 18.5 Å². The van der Waals surface area contributed by atoms with Gasteiger partial charge in [0, 0.05) is 10.6 Å². The van der Waals surface area contributed by atoms with Crippen molar-refractivity contribution in [1.29, 1.82) is 0 Å². The highest BCUT2D eigenvalue weighted by Gasteiger charge is 2.19.